The summed E-state index contributed by atoms with van der Waals surface area (Å²) in [5.41, 5.74) is 0.846. The lowest BCUT2D eigenvalue weighted by molar-refractivity contribution is 0.232. The fourth-order valence-corrected chi connectivity index (χ4v) is 2.95. The fraction of sp³-hybridized carbons (Fsp3) is 0.533. The van der Waals surface area contributed by atoms with Crippen LogP contribution in [-0.2, 0) is 0 Å². The molecule has 2 rings (SSSR count). The topological polar surface area (TPSA) is 41.1 Å². The summed E-state index contributed by atoms with van der Waals surface area (Å²) in [5.74, 6) is 0.582. The van der Waals surface area contributed by atoms with Crippen LogP contribution in [0, 0.1) is 5.92 Å². The molecule has 2 atom stereocenters. The molecule has 0 aliphatic heterocycles. The molecule has 1 aliphatic rings. The van der Waals surface area contributed by atoms with E-state index in [9.17, 15) is 4.79 Å². The van der Waals surface area contributed by atoms with Crippen LogP contribution < -0.4 is 10.6 Å². The Hall–Kier alpha value is -1.16. The number of hydrogen-bond donors (Lipinski definition) is 2. The maximum atomic E-state index is 12.0. The molecule has 104 valence electrons. The number of amides is 2. The van der Waals surface area contributed by atoms with Gasteiger partial charge >= 0.3 is 6.03 Å². The summed E-state index contributed by atoms with van der Waals surface area (Å²) < 4.78 is 0. The molecule has 0 unspecified atom stereocenters. The second kappa shape index (κ2) is 6.85. The van der Waals surface area contributed by atoms with Crippen LogP contribution in [0.25, 0.3) is 0 Å². The van der Waals surface area contributed by atoms with Gasteiger partial charge in [-0.1, -0.05) is 19.8 Å². The first kappa shape index (κ1) is 14.3. The molecule has 1 fully saturated rings. The second-order valence-corrected chi connectivity index (χ2v) is 6.07. The van der Waals surface area contributed by atoms with Gasteiger partial charge in [0.2, 0.25) is 0 Å². The van der Waals surface area contributed by atoms with Crippen LogP contribution >= 0.6 is 11.8 Å². The van der Waals surface area contributed by atoms with Gasteiger partial charge in [-0.15, -0.1) is 11.8 Å². The van der Waals surface area contributed by atoms with E-state index in [1.54, 1.807) is 11.8 Å². The Bertz CT molecular complexity index is 419. The summed E-state index contributed by atoms with van der Waals surface area (Å²) in [4.78, 5) is 13.2. The molecule has 19 heavy (non-hydrogen) atoms. The van der Waals surface area contributed by atoms with E-state index < -0.39 is 0 Å². The van der Waals surface area contributed by atoms with Crippen molar-refractivity contribution in [1.82, 2.24) is 5.32 Å². The molecule has 0 bridgehead atoms. The Morgan fingerprint density at radius 2 is 1.89 bits per heavy atom. The second-order valence-electron chi connectivity index (χ2n) is 5.20. The van der Waals surface area contributed by atoms with E-state index in [1.165, 1.54) is 24.2 Å². The van der Waals surface area contributed by atoms with Gasteiger partial charge < -0.3 is 10.6 Å². The molecule has 0 radical (unpaired) electrons. The number of hydrogen-bond acceptors (Lipinski definition) is 2. The molecule has 1 aromatic carbocycles. The number of anilines is 1. The van der Waals surface area contributed by atoms with Gasteiger partial charge in [-0.2, -0.15) is 0 Å². The monoisotopic (exact) mass is 278 g/mol. The first-order valence-corrected chi connectivity index (χ1v) is 8.13. The van der Waals surface area contributed by atoms with Crippen molar-refractivity contribution in [3.8, 4) is 0 Å². The molecule has 1 saturated carbocycles. The van der Waals surface area contributed by atoms with E-state index in [0.717, 1.165) is 12.1 Å². The van der Waals surface area contributed by atoms with Gasteiger partial charge in [0.25, 0.3) is 0 Å². The number of nitrogens with one attached hydrogen (secondary N) is 2. The van der Waals surface area contributed by atoms with Crippen LogP contribution in [0.5, 0.6) is 0 Å². The minimum Gasteiger partial charge on any atom is -0.335 e. The van der Waals surface area contributed by atoms with Crippen LogP contribution in [0.3, 0.4) is 0 Å². The number of rotatable bonds is 3. The molecule has 2 amide bonds. The number of urea groups is 1. The molecule has 1 aromatic rings. The molecule has 0 saturated heterocycles. The molecule has 4 heteroatoms. The smallest absolute Gasteiger partial charge is 0.319 e. The summed E-state index contributed by atoms with van der Waals surface area (Å²) in [5, 5.41) is 5.99. The molecule has 0 spiro atoms. The number of carbonyl (C=O) groups is 1. The zero-order valence-corrected chi connectivity index (χ0v) is 12.4. The summed E-state index contributed by atoms with van der Waals surface area (Å²) in [6.45, 7) is 2.22. The van der Waals surface area contributed by atoms with Crippen LogP contribution in [0.15, 0.2) is 29.2 Å². The van der Waals surface area contributed by atoms with Crippen molar-refractivity contribution in [1.29, 1.82) is 0 Å². The van der Waals surface area contributed by atoms with Gasteiger partial charge in [-0.3, -0.25) is 0 Å². The van der Waals surface area contributed by atoms with E-state index in [2.05, 4.69) is 17.6 Å². The molecule has 0 aromatic heterocycles. The predicted molar refractivity (Wildman–Crippen MR) is 81.8 cm³/mol. The zero-order chi connectivity index (χ0) is 13.7. The molecular formula is C15H22N2OS. The van der Waals surface area contributed by atoms with Gasteiger partial charge in [0.15, 0.2) is 0 Å². The van der Waals surface area contributed by atoms with E-state index in [4.69, 9.17) is 0 Å². The van der Waals surface area contributed by atoms with Gasteiger partial charge in [0.05, 0.1) is 0 Å². The summed E-state index contributed by atoms with van der Waals surface area (Å²) >= 11 is 1.70. The van der Waals surface area contributed by atoms with Crippen molar-refractivity contribution >= 4 is 23.5 Å². The summed E-state index contributed by atoms with van der Waals surface area (Å²) in [7, 11) is 0. The lowest BCUT2D eigenvalue weighted by Crippen LogP contribution is -2.43. The lowest BCUT2D eigenvalue weighted by atomic mass is 9.86. The van der Waals surface area contributed by atoms with Crippen LogP contribution in [0.4, 0.5) is 10.5 Å². The van der Waals surface area contributed by atoms with Gasteiger partial charge in [0, 0.05) is 16.6 Å². The van der Waals surface area contributed by atoms with Crippen LogP contribution in [0.2, 0.25) is 0 Å². The quantitative estimate of drug-likeness (QED) is 0.817. The molecule has 2 N–H and O–H groups in total. The number of thioether (sulfide) groups is 1. The highest BCUT2D eigenvalue weighted by Gasteiger charge is 2.22. The molecule has 0 heterocycles. The van der Waals surface area contributed by atoms with E-state index >= 15 is 0 Å². The first-order chi connectivity index (χ1) is 9.19. The van der Waals surface area contributed by atoms with E-state index in [0.29, 0.717) is 12.0 Å². The molecule has 3 nitrogen and oxygen atoms in total. The highest BCUT2D eigenvalue weighted by molar-refractivity contribution is 7.98. The molecule has 1 aliphatic carbocycles. The Balaban J connectivity index is 1.86. The van der Waals surface area contributed by atoms with Crippen LogP contribution in [0.1, 0.15) is 32.6 Å². The van der Waals surface area contributed by atoms with Gasteiger partial charge in [0.1, 0.15) is 0 Å². The minimum atomic E-state index is -0.0874. The van der Waals surface area contributed by atoms with Gasteiger partial charge in [-0.25, -0.2) is 4.79 Å². The van der Waals surface area contributed by atoms with Crippen molar-refractivity contribution in [3.05, 3.63) is 24.3 Å². The fourth-order valence-electron chi connectivity index (χ4n) is 2.54. The van der Waals surface area contributed by atoms with E-state index in [1.807, 2.05) is 30.5 Å². The number of carbonyl (C=O) groups excluding carboxylic acids is 1. The highest BCUT2D eigenvalue weighted by Crippen LogP contribution is 2.24. The number of benzene rings is 1. The average molecular weight is 278 g/mol. The standard InChI is InChI=1S/C15H22N2OS/c1-11-5-3-4-6-14(11)17-15(18)16-12-7-9-13(19-2)10-8-12/h7-11,14H,3-6H2,1-2H3,(H2,16,17,18)/t11-,14-/m0/s1. The average Bonchev–Trinajstić information content (AvgIpc) is 2.42. The lowest BCUT2D eigenvalue weighted by Gasteiger charge is -2.29. The van der Waals surface area contributed by atoms with Gasteiger partial charge in [-0.05, 0) is 49.3 Å². The normalized spacial score (nSPS) is 22.8. The third-order valence-electron chi connectivity index (χ3n) is 3.78. The maximum Gasteiger partial charge on any atom is 0.319 e. The first-order valence-electron chi connectivity index (χ1n) is 6.90. The van der Waals surface area contributed by atoms with Crippen molar-refractivity contribution in [2.45, 2.75) is 43.5 Å². The third-order valence-corrected chi connectivity index (χ3v) is 4.52. The Morgan fingerprint density at radius 1 is 1.21 bits per heavy atom. The largest absolute Gasteiger partial charge is 0.335 e. The predicted octanol–water partition coefficient (Wildman–Crippen LogP) is 4.11. The zero-order valence-electron chi connectivity index (χ0n) is 11.6. The minimum absolute atomic E-state index is 0.0874. The Kier molecular flexibility index (Phi) is 5.14. The highest BCUT2D eigenvalue weighted by atomic mass is 32.2. The van der Waals surface area contributed by atoms with E-state index in [-0.39, 0.29) is 6.03 Å². The summed E-state index contributed by atoms with van der Waals surface area (Å²) in [6.07, 6.45) is 6.86. The third kappa shape index (κ3) is 4.16. The maximum absolute atomic E-state index is 12.0. The van der Waals surface area contributed by atoms with Crippen molar-refractivity contribution < 1.29 is 4.79 Å². The molecular weight excluding hydrogens is 256 g/mol. The Morgan fingerprint density at radius 3 is 2.53 bits per heavy atom. The Labute approximate surface area is 119 Å². The van der Waals surface area contributed by atoms with Crippen molar-refractivity contribution in [2.75, 3.05) is 11.6 Å². The van der Waals surface area contributed by atoms with Crippen molar-refractivity contribution in [3.63, 3.8) is 0 Å². The summed E-state index contributed by atoms with van der Waals surface area (Å²) in [6, 6.07) is 8.15. The SMILES string of the molecule is CSc1ccc(NC(=O)N[C@H]2CCCC[C@@H]2C)cc1. The van der Waals surface area contributed by atoms with Crippen LogP contribution in [-0.4, -0.2) is 18.3 Å². The van der Waals surface area contributed by atoms with Crippen molar-refractivity contribution in [2.24, 2.45) is 5.92 Å².